The first-order chi connectivity index (χ1) is 9.83. The third-order valence-electron chi connectivity index (χ3n) is 3.49. The first-order valence-electron chi connectivity index (χ1n) is 6.89. The van der Waals surface area contributed by atoms with E-state index in [1.165, 1.54) is 0 Å². The number of rotatable bonds is 5. The van der Waals surface area contributed by atoms with Crippen molar-refractivity contribution < 1.29 is 13.9 Å². The second-order valence-electron chi connectivity index (χ2n) is 4.98. The molecular weight excluding hydrogens is 256 g/mol. The number of furan rings is 1. The van der Waals surface area contributed by atoms with E-state index >= 15 is 0 Å². The lowest BCUT2D eigenvalue weighted by Gasteiger charge is -2.24. The van der Waals surface area contributed by atoms with Crippen LogP contribution in [-0.4, -0.2) is 35.0 Å². The number of aromatic nitrogens is 1. The molecule has 20 heavy (non-hydrogen) atoms. The van der Waals surface area contributed by atoms with Crippen LogP contribution >= 0.6 is 0 Å². The molecule has 1 aliphatic rings. The fourth-order valence-corrected chi connectivity index (χ4v) is 2.48. The van der Waals surface area contributed by atoms with Gasteiger partial charge < -0.3 is 19.0 Å². The Morgan fingerprint density at radius 3 is 3.00 bits per heavy atom. The molecule has 0 aromatic carbocycles. The maximum atomic E-state index is 12.5. The van der Waals surface area contributed by atoms with E-state index < -0.39 is 0 Å². The summed E-state index contributed by atoms with van der Waals surface area (Å²) in [5.74, 6) is 0.754. The highest BCUT2D eigenvalue weighted by Crippen LogP contribution is 2.17. The minimum Gasteiger partial charge on any atom is -0.467 e. The van der Waals surface area contributed by atoms with E-state index in [2.05, 4.69) is 4.98 Å². The highest BCUT2D eigenvalue weighted by molar-refractivity contribution is 5.92. The molecule has 1 amide bonds. The average Bonchev–Trinajstić information content (AvgIpc) is 3.20. The zero-order chi connectivity index (χ0) is 13.8. The Bertz CT molecular complexity index is 527. The van der Waals surface area contributed by atoms with Crippen LogP contribution < -0.4 is 0 Å². The molecule has 0 bridgehead atoms. The van der Waals surface area contributed by atoms with Gasteiger partial charge >= 0.3 is 0 Å². The number of carbonyl (C=O) groups excluding carboxylic acids is 1. The number of H-pyrrole nitrogens is 1. The van der Waals surface area contributed by atoms with Gasteiger partial charge in [0.05, 0.1) is 18.9 Å². The third kappa shape index (κ3) is 2.93. The van der Waals surface area contributed by atoms with Crippen LogP contribution in [0.2, 0.25) is 0 Å². The number of nitrogens with zero attached hydrogens (tertiary/aromatic N) is 1. The first kappa shape index (κ1) is 13.0. The summed E-state index contributed by atoms with van der Waals surface area (Å²) in [4.78, 5) is 17.3. The van der Waals surface area contributed by atoms with Crippen LogP contribution in [0.15, 0.2) is 41.1 Å². The van der Waals surface area contributed by atoms with E-state index in [0.717, 1.165) is 25.2 Å². The molecule has 0 aliphatic carbocycles. The van der Waals surface area contributed by atoms with E-state index in [-0.39, 0.29) is 12.0 Å². The molecule has 1 saturated heterocycles. The Balaban J connectivity index is 1.73. The zero-order valence-corrected chi connectivity index (χ0v) is 11.2. The lowest BCUT2D eigenvalue weighted by atomic mass is 10.2. The second kappa shape index (κ2) is 5.96. The van der Waals surface area contributed by atoms with Crippen LogP contribution in [0.25, 0.3) is 0 Å². The Morgan fingerprint density at radius 1 is 1.40 bits per heavy atom. The van der Waals surface area contributed by atoms with Crippen molar-refractivity contribution in [2.24, 2.45) is 0 Å². The van der Waals surface area contributed by atoms with Gasteiger partial charge in [-0.05, 0) is 37.1 Å². The summed E-state index contributed by atoms with van der Waals surface area (Å²) in [6.07, 6.45) is 5.58. The molecular formula is C15H18N2O3. The van der Waals surface area contributed by atoms with Crippen molar-refractivity contribution in [2.45, 2.75) is 25.5 Å². The van der Waals surface area contributed by atoms with E-state index in [1.54, 1.807) is 23.4 Å². The lowest BCUT2D eigenvalue weighted by molar-refractivity contribution is 0.0487. The van der Waals surface area contributed by atoms with E-state index in [0.29, 0.717) is 18.8 Å². The molecule has 1 aliphatic heterocycles. The van der Waals surface area contributed by atoms with Crippen LogP contribution in [0.1, 0.15) is 29.1 Å². The fourth-order valence-electron chi connectivity index (χ4n) is 2.48. The van der Waals surface area contributed by atoms with Gasteiger partial charge in [-0.15, -0.1) is 0 Å². The van der Waals surface area contributed by atoms with Crippen molar-refractivity contribution in [1.29, 1.82) is 0 Å². The molecule has 1 atom stereocenters. The quantitative estimate of drug-likeness (QED) is 0.911. The Kier molecular flexibility index (Phi) is 3.87. The Hall–Kier alpha value is -2.01. The maximum Gasteiger partial charge on any atom is 0.270 e. The van der Waals surface area contributed by atoms with Crippen LogP contribution in [0.5, 0.6) is 0 Å². The van der Waals surface area contributed by atoms with Crippen LogP contribution in [-0.2, 0) is 11.3 Å². The minimum absolute atomic E-state index is 0.0260. The highest BCUT2D eigenvalue weighted by Gasteiger charge is 2.24. The fraction of sp³-hybridized carbons (Fsp3) is 0.400. The molecule has 3 heterocycles. The molecule has 2 aromatic rings. The van der Waals surface area contributed by atoms with Gasteiger partial charge in [0, 0.05) is 19.3 Å². The Labute approximate surface area is 117 Å². The predicted octanol–water partition coefficient (Wildman–Crippen LogP) is 2.43. The summed E-state index contributed by atoms with van der Waals surface area (Å²) in [5, 5.41) is 0. The second-order valence-corrected chi connectivity index (χ2v) is 4.98. The number of carbonyl (C=O) groups is 1. The molecule has 3 rings (SSSR count). The number of hydrogen-bond acceptors (Lipinski definition) is 3. The van der Waals surface area contributed by atoms with Crippen molar-refractivity contribution >= 4 is 5.91 Å². The largest absolute Gasteiger partial charge is 0.467 e. The van der Waals surface area contributed by atoms with Crippen molar-refractivity contribution in [3.63, 3.8) is 0 Å². The third-order valence-corrected chi connectivity index (χ3v) is 3.49. The molecule has 1 fully saturated rings. The molecule has 0 radical (unpaired) electrons. The van der Waals surface area contributed by atoms with Crippen molar-refractivity contribution in [3.05, 3.63) is 48.2 Å². The van der Waals surface area contributed by atoms with Gasteiger partial charge in [-0.3, -0.25) is 4.79 Å². The summed E-state index contributed by atoms with van der Waals surface area (Å²) in [6.45, 7) is 1.85. The normalized spacial score (nSPS) is 18.3. The summed E-state index contributed by atoms with van der Waals surface area (Å²) in [7, 11) is 0. The van der Waals surface area contributed by atoms with Crippen LogP contribution in [0.4, 0.5) is 0 Å². The van der Waals surface area contributed by atoms with Gasteiger partial charge in [0.15, 0.2) is 0 Å². The SMILES string of the molecule is O=C(c1ccc[nH]1)N(Cc1ccco1)C[C@H]1CCCO1. The van der Waals surface area contributed by atoms with E-state index in [4.69, 9.17) is 9.15 Å². The van der Waals surface area contributed by atoms with Gasteiger partial charge in [0.25, 0.3) is 5.91 Å². The van der Waals surface area contributed by atoms with Gasteiger partial charge in [-0.1, -0.05) is 0 Å². The number of aromatic amines is 1. The molecule has 0 unspecified atom stereocenters. The molecule has 106 valence electrons. The minimum atomic E-state index is -0.0260. The molecule has 0 spiro atoms. The van der Waals surface area contributed by atoms with Gasteiger partial charge in [0.1, 0.15) is 11.5 Å². The highest BCUT2D eigenvalue weighted by atomic mass is 16.5. The predicted molar refractivity (Wildman–Crippen MR) is 73.2 cm³/mol. The van der Waals surface area contributed by atoms with Gasteiger partial charge in [-0.2, -0.15) is 0 Å². The van der Waals surface area contributed by atoms with Crippen molar-refractivity contribution in [2.75, 3.05) is 13.2 Å². The summed E-state index contributed by atoms with van der Waals surface area (Å²) in [6, 6.07) is 7.32. The van der Waals surface area contributed by atoms with Gasteiger partial charge in [0.2, 0.25) is 0 Å². The molecule has 5 nitrogen and oxygen atoms in total. The zero-order valence-electron chi connectivity index (χ0n) is 11.2. The smallest absolute Gasteiger partial charge is 0.270 e. The van der Waals surface area contributed by atoms with Gasteiger partial charge in [-0.25, -0.2) is 0 Å². The maximum absolute atomic E-state index is 12.5. The molecule has 0 saturated carbocycles. The van der Waals surface area contributed by atoms with E-state index in [1.807, 2.05) is 18.2 Å². The summed E-state index contributed by atoms with van der Waals surface area (Å²) >= 11 is 0. The van der Waals surface area contributed by atoms with Crippen LogP contribution in [0, 0.1) is 0 Å². The summed E-state index contributed by atoms with van der Waals surface area (Å²) in [5.41, 5.74) is 0.592. The Morgan fingerprint density at radius 2 is 2.35 bits per heavy atom. The number of hydrogen-bond donors (Lipinski definition) is 1. The number of amides is 1. The first-order valence-corrected chi connectivity index (χ1v) is 6.89. The van der Waals surface area contributed by atoms with Crippen molar-refractivity contribution in [1.82, 2.24) is 9.88 Å². The monoisotopic (exact) mass is 274 g/mol. The molecule has 2 aromatic heterocycles. The standard InChI is InChI=1S/C15H18N2O3/c18-15(14-6-1-7-16-14)17(10-12-4-2-8-19-12)11-13-5-3-9-20-13/h1-2,4,6-8,13,16H,3,5,9-11H2/t13-/m1/s1. The topological polar surface area (TPSA) is 58.5 Å². The molecule has 1 N–H and O–H groups in total. The number of nitrogens with one attached hydrogen (secondary N) is 1. The van der Waals surface area contributed by atoms with Crippen molar-refractivity contribution in [3.8, 4) is 0 Å². The summed E-state index contributed by atoms with van der Waals surface area (Å²) < 4.78 is 11.0. The van der Waals surface area contributed by atoms with Crippen LogP contribution in [0.3, 0.4) is 0 Å². The average molecular weight is 274 g/mol. The van der Waals surface area contributed by atoms with E-state index in [9.17, 15) is 4.79 Å². The number of ether oxygens (including phenoxy) is 1. The molecule has 5 heteroatoms. The lowest BCUT2D eigenvalue weighted by Crippen LogP contribution is -2.37.